The number of unbranched alkanes of at least 4 members (excludes halogenated alkanes) is 28. The Balaban J connectivity index is 2.72. The minimum Gasteiger partial charge on any atom is -0.392 e. The van der Waals surface area contributed by atoms with Gasteiger partial charge in [-0.05, 0) is 38.5 Å². The lowest BCUT2D eigenvalue weighted by molar-refractivity contribution is 0.0383. The van der Waals surface area contributed by atoms with E-state index in [9.17, 15) is 20.4 Å². The molecule has 6 unspecified atom stereocenters. The van der Waals surface area contributed by atoms with E-state index < -0.39 is 0 Å². The minimum absolute atomic E-state index is 0.326. The zero-order valence-electron chi connectivity index (χ0n) is 51.2. The third kappa shape index (κ3) is 44.5. The van der Waals surface area contributed by atoms with E-state index in [0.717, 1.165) is 126 Å². The molecule has 1 heterocycles. The molecule has 1 fully saturated rings. The van der Waals surface area contributed by atoms with Crippen molar-refractivity contribution in [1.29, 1.82) is 0 Å². The lowest BCUT2D eigenvalue weighted by Crippen LogP contribution is -2.58. The van der Waals surface area contributed by atoms with Gasteiger partial charge < -0.3 is 20.4 Å². The highest BCUT2D eigenvalue weighted by Gasteiger charge is 2.32. The summed E-state index contributed by atoms with van der Waals surface area (Å²) in [5.74, 6) is 4.19. The topological polar surface area (TPSA) is 93.9 Å². The number of nitrogens with zero attached hydrogens (tertiary/aromatic N) is 4. The summed E-state index contributed by atoms with van der Waals surface area (Å²) in [5.41, 5.74) is 0. The molecule has 76 heavy (non-hydrogen) atoms. The Bertz CT molecular complexity index is 1080. The number of hydrogen-bond donors (Lipinski definition) is 4. The molecule has 0 radical (unpaired) electrons. The molecule has 0 aromatic heterocycles. The summed E-state index contributed by atoms with van der Waals surface area (Å²) in [6, 6.07) is 0.915. The van der Waals surface area contributed by atoms with Gasteiger partial charge in [0, 0.05) is 101 Å². The molecular formula is C66H132N4O4S2. The first kappa shape index (κ1) is 73.9. The van der Waals surface area contributed by atoms with E-state index in [4.69, 9.17) is 0 Å². The van der Waals surface area contributed by atoms with Crippen LogP contribution in [0.25, 0.3) is 0 Å². The monoisotopic (exact) mass is 1110 g/mol. The van der Waals surface area contributed by atoms with Crippen molar-refractivity contribution >= 4 is 23.5 Å². The van der Waals surface area contributed by atoms with Crippen LogP contribution in [0.1, 0.15) is 272 Å². The number of thioether (sulfide) groups is 2. The number of piperazine rings is 1. The van der Waals surface area contributed by atoms with E-state index in [0.29, 0.717) is 38.3 Å². The summed E-state index contributed by atoms with van der Waals surface area (Å²) in [7, 11) is 0. The molecule has 4 N–H and O–H groups in total. The van der Waals surface area contributed by atoms with Gasteiger partial charge in [-0.15, -0.1) is 13.2 Å². The predicted molar refractivity (Wildman–Crippen MR) is 341 cm³/mol. The van der Waals surface area contributed by atoms with Gasteiger partial charge in [-0.25, -0.2) is 0 Å². The zero-order valence-corrected chi connectivity index (χ0v) is 52.8. The second kappa shape index (κ2) is 55.4. The van der Waals surface area contributed by atoms with Crippen LogP contribution in [-0.2, 0) is 0 Å². The van der Waals surface area contributed by atoms with Crippen LogP contribution in [0.15, 0.2) is 25.3 Å². The Hall–Kier alpha value is -0.140. The SMILES string of the molecule is C=CCC1CN(CCSCCN(CC(O)CCCCCCCCCC)CC(O)CCCCCCCCCC)C(CC=C)CN1CCSCCN(CC(O)CCCCCCCCCC)CC(O)CCCCCCCCCC. The average Bonchev–Trinajstić information content (AvgIpc) is 3.40. The van der Waals surface area contributed by atoms with Crippen LogP contribution >= 0.6 is 23.5 Å². The Kier molecular flexibility index (Phi) is 53.8. The molecule has 1 saturated heterocycles. The summed E-state index contributed by atoms with van der Waals surface area (Å²) in [6.07, 6.45) is 49.4. The highest BCUT2D eigenvalue weighted by molar-refractivity contribution is 7.99. The highest BCUT2D eigenvalue weighted by atomic mass is 32.2. The van der Waals surface area contributed by atoms with Gasteiger partial charge in [0.2, 0.25) is 0 Å². The lowest BCUT2D eigenvalue weighted by atomic mass is 10.0. The van der Waals surface area contributed by atoms with Crippen molar-refractivity contribution in [1.82, 2.24) is 19.6 Å². The molecule has 0 amide bonds. The molecule has 0 aliphatic carbocycles. The maximum absolute atomic E-state index is 11.2. The minimum atomic E-state index is -0.326. The first-order valence-corrected chi connectivity index (χ1v) is 35.5. The van der Waals surface area contributed by atoms with E-state index in [-0.39, 0.29) is 24.4 Å². The van der Waals surface area contributed by atoms with Crippen LogP contribution < -0.4 is 0 Å². The maximum Gasteiger partial charge on any atom is 0.0667 e. The smallest absolute Gasteiger partial charge is 0.0667 e. The van der Waals surface area contributed by atoms with Gasteiger partial charge in [-0.1, -0.05) is 245 Å². The van der Waals surface area contributed by atoms with Crippen molar-refractivity contribution in [2.45, 2.75) is 308 Å². The summed E-state index contributed by atoms with van der Waals surface area (Å²) < 4.78 is 0. The number of hydrogen-bond acceptors (Lipinski definition) is 10. The molecule has 0 aromatic rings. The predicted octanol–water partition coefficient (Wildman–Crippen LogP) is 16.1. The van der Waals surface area contributed by atoms with Gasteiger partial charge >= 0.3 is 0 Å². The molecule has 10 heteroatoms. The Morgan fingerprint density at radius 2 is 0.618 bits per heavy atom. The molecule has 8 nitrogen and oxygen atoms in total. The largest absolute Gasteiger partial charge is 0.392 e. The fraction of sp³-hybridized carbons (Fsp3) is 0.939. The molecule has 1 aliphatic rings. The Morgan fingerprint density at radius 3 is 0.855 bits per heavy atom. The highest BCUT2D eigenvalue weighted by Crippen LogP contribution is 2.23. The quantitative estimate of drug-likeness (QED) is 0.0349. The van der Waals surface area contributed by atoms with Gasteiger partial charge in [-0.2, -0.15) is 23.5 Å². The van der Waals surface area contributed by atoms with Crippen molar-refractivity contribution in [3.05, 3.63) is 25.3 Å². The second-order valence-electron chi connectivity index (χ2n) is 23.8. The van der Waals surface area contributed by atoms with Crippen molar-refractivity contribution < 1.29 is 20.4 Å². The van der Waals surface area contributed by atoms with Crippen molar-refractivity contribution in [2.24, 2.45) is 0 Å². The molecule has 1 rings (SSSR count). The summed E-state index contributed by atoms with van der Waals surface area (Å²) in [4.78, 5) is 10.2. The van der Waals surface area contributed by atoms with Crippen LogP contribution in [0, 0.1) is 0 Å². The van der Waals surface area contributed by atoms with E-state index in [2.05, 4.69) is 72.6 Å². The van der Waals surface area contributed by atoms with Gasteiger partial charge in [0.05, 0.1) is 24.4 Å². The number of aliphatic hydroxyl groups is 4. The van der Waals surface area contributed by atoms with Gasteiger partial charge in [0.15, 0.2) is 0 Å². The van der Waals surface area contributed by atoms with Crippen LogP contribution in [0.4, 0.5) is 0 Å². The van der Waals surface area contributed by atoms with Gasteiger partial charge in [0.25, 0.3) is 0 Å². The molecule has 452 valence electrons. The van der Waals surface area contributed by atoms with Crippen molar-refractivity contribution in [2.75, 3.05) is 88.5 Å². The molecule has 0 saturated carbocycles. The van der Waals surface area contributed by atoms with Crippen LogP contribution in [-0.4, -0.2) is 165 Å². The van der Waals surface area contributed by atoms with E-state index >= 15 is 0 Å². The fourth-order valence-corrected chi connectivity index (χ4v) is 13.4. The number of aliphatic hydroxyl groups excluding tert-OH is 4. The standard InChI is InChI=1S/C66H132N4O4S2/c1-7-13-17-21-25-29-33-37-43-63(71)57-67(58-64(72)44-38-34-30-26-22-18-14-8-2)47-51-75-53-49-69-55-62(42-12-6)70(56-61(69)41-11-5)50-54-76-52-48-68(59-65(73)45-39-35-31-27-23-19-15-9-3)60-66(74)46-40-36-32-28-24-20-16-10-4/h11-12,61-66,71-74H,5-10,13-60H2,1-4H3. The van der Waals surface area contributed by atoms with Gasteiger partial charge in [0.1, 0.15) is 0 Å². The van der Waals surface area contributed by atoms with E-state index in [1.165, 1.54) is 180 Å². The molecule has 6 atom stereocenters. The fourth-order valence-electron chi connectivity index (χ4n) is 11.5. The first-order chi connectivity index (χ1) is 37.2. The van der Waals surface area contributed by atoms with Crippen LogP contribution in [0.3, 0.4) is 0 Å². The van der Waals surface area contributed by atoms with Crippen molar-refractivity contribution in [3.63, 3.8) is 0 Å². The van der Waals surface area contributed by atoms with E-state index in [1.807, 2.05) is 23.5 Å². The third-order valence-corrected chi connectivity index (χ3v) is 18.3. The Morgan fingerprint density at radius 1 is 0.382 bits per heavy atom. The summed E-state index contributed by atoms with van der Waals surface area (Å²) in [6.45, 7) is 26.2. The molecule has 0 spiro atoms. The molecule has 1 aliphatic heterocycles. The first-order valence-electron chi connectivity index (χ1n) is 33.2. The normalized spacial score (nSPS) is 17.2. The lowest BCUT2D eigenvalue weighted by Gasteiger charge is -2.46. The van der Waals surface area contributed by atoms with Crippen LogP contribution in [0.2, 0.25) is 0 Å². The molecular weight excluding hydrogens is 977 g/mol. The van der Waals surface area contributed by atoms with Gasteiger partial charge in [-0.3, -0.25) is 19.6 Å². The number of rotatable bonds is 60. The Labute approximate surface area is 483 Å². The summed E-state index contributed by atoms with van der Waals surface area (Å²) >= 11 is 4.06. The molecule has 0 aromatic carbocycles. The van der Waals surface area contributed by atoms with Crippen molar-refractivity contribution in [3.8, 4) is 0 Å². The average molecular weight is 1110 g/mol. The second-order valence-corrected chi connectivity index (χ2v) is 26.2. The maximum atomic E-state index is 11.2. The molecule has 0 bridgehead atoms. The third-order valence-electron chi connectivity index (χ3n) is 16.4. The van der Waals surface area contributed by atoms with E-state index in [1.54, 1.807) is 0 Å². The van der Waals surface area contributed by atoms with Crippen LogP contribution in [0.5, 0.6) is 0 Å². The zero-order chi connectivity index (χ0) is 55.4. The summed E-state index contributed by atoms with van der Waals surface area (Å²) in [5, 5.41) is 44.7.